The van der Waals surface area contributed by atoms with Crippen LogP contribution in [0.3, 0.4) is 0 Å². The zero-order valence-electron chi connectivity index (χ0n) is 18.5. The first-order valence-corrected chi connectivity index (χ1v) is 16.9. The monoisotopic (exact) mass is 528 g/mol. The van der Waals surface area contributed by atoms with Gasteiger partial charge in [-0.1, -0.05) is 61.5 Å². The van der Waals surface area contributed by atoms with Gasteiger partial charge < -0.3 is 0 Å². The van der Waals surface area contributed by atoms with Crippen LogP contribution in [0, 0.1) is 12.0 Å². The number of hydrogen-bond acceptors (Lipinski definition) is 0. The van der Waals surface area contributed by atoms with E-state index < -0.39 is 0 Å². The van der Waals surface area contributed by atoms with Crippen LogP contribution < -0.4 is 0 Å². The molecule has 4 rings (SSSR count). The number of hydrogen-bond donors (Lipinski definition) is 0. The fourth-order valence-electron chi connectivity index (χ4n) is 3.27. The molecular weight excluding hydrogens is 503 g/mol. The molecule has 0 saturated heterocycles. The van der Waals surface area contributed by atoms with E-state index in [-0.39, 0.29) is 5.43 Å². The van der Waals surface area contributed by atoms with Crippen LogP contribution >= 0.6 is 23.2 Å². The fraction of sp³-hybridized carbons (Fsp3) is 0.269. The van der Waals surface area contributed by atoms with E-state index in [1.54, 1.807) is 29.4 Å². The minimum atomic E-state index is 0.210. The van der Waals surface area contributed by atoms with E-state index in [0.717, 1.165) is 5.56 Å². The van der Waals surface area contributed by atoms with E-state index in [2.05, 4.69) is 71.1 Å². The standard InChI is InChI=1S/C15H9Cl2.C9H13.C2H6Si.Zr/c16-12-7-11(8-13(17)9-12)15-6-5-10-3-1-2-4-14(10)15;1-6-5-7(2)9(4)8(6)3;1-3-2;/h1-9H;6H,1-4H3;1-2H3;/q2*-1;;+2. The van der Waals surface area contributed by atoms with Gasteiger partial charge in [0.25, 0.3) is 0 Å². The summed E-state index contributed by atoms with van der Waals surface area (Å²) < 4.78 is 0. The molecule has 30 heavy (non-hydrogen) atoms. The topological polar surface area (TPSA) is 0 Å². The molecular formula is C26H28Cl2SiZr. The zero-order chi connectivity index (χ0) is 22.4. The van der Waals surface area contributed by atoms with Crippen molar-refractivity contribution in [3.8, 4) is 11.1 Å². The second kappa shape index (κ2) is 11.7. The molecule has 0 aliphatic heterocycles. The second-order valence-electron chi connectivity index (χ2n) is 7.79. The van der Waals surface area contributed by atoms with Crippen LogP contribution in [-0.2, 0) is 23.3 Å². The molecule has 0 heterocycles. The summed E-state index contributed by atoms with van der Waals surface area (Å²) in [4.78, 5) is 0. The minimum Gasteiger partial charge on any atom is -0.150 e. The Hall–Kier alpha value is -0.790. The molecule has 0 bridgehead atoms. The summed E-state index contributed by atoms with van der Waals surface area (Å²) in [5.74, 6) is 0.560. The average molecular weight is 531 g/mol. The normalized spacial score (nSPS) is 15.3. The third-order valence-electron chi connectivity index (χ3n) is 5.09. The van der Waals surface area contributed by atoms with E-state index in [1.807, 2.05) is 24.3 Å². The summed E-state index contributed by atoms with van der Waals surface area (Å²) in [5.41, 5.74) is 6.69. The van der Waals surface area contributed by atoms with Crippen molar-refractivity contribution in [2.45, 2.75) is 40.8 Å². The smallest absolute Gasteiger partial charge is 0.0418 e. The van der Waals surface area contributed by atoms with Gasteiger partial charge in [-0.3, -0.25) is 6.08 Å². The van der Waals surface area contributed by atoms with Gasteiger partial charge in [0.15, 0.2) is 0 Å². The van der Waals surface area contributed by atoms with Crippen LogP contribution in [0.25, 0.3) is 21.9 Å². The minimum absolute atomic E-state index is 0.210. The predicted octanol–water partition coefficient (Wildman–Crippen LogP) is 9.04. The van der Waals surface area contributed by atoms with Gasteiger partial charge in [0.1, 0.15) is 0 Å². The quantitative estimate of drug-likeness (QED) is 0.217. The summed E-state index contributed by atoms with van der Waals surface area (Å²) in [6.45, 7) is 13.3. The number of allylic oxidation sites excluding steroid dienone is 4. The molecule has 0 radical (unpaired) electrons. The van der Waals surface area contributed by atoms with Crippen LogP contribution in [-0.4, -0.2) is 5.43 Å². The molecule has 3 aromatic rings. The van der Waals surface area contributed by atoms with Crippen molar-refractivity contribution in [1.29, 1.82) is 0 Å². The molecule has 4 heteroatoms. The largest absolute Gasteiger partial charge is 0.150 e. The fourth-order valence-corrected chi connectivity index (χ4v) is 3.80. The Balaban J connectivity index is 0.000000207. The Labute approximate surface area is 206 Å². The number of fused-ring (bicyclic) bond motifs is 1. The number of benzene rings is 2. The van der Waals surface area contributed by atoms with Crippen LogP contribution in [0.15, 0.2) is 71.3 Å². The molecule has 1 unspecified atom stereocenters. The Kier molecular flexibility index (Phi) is 9.95. The Morgan fingerprint density at radius 2 is 1.57 bits per heavy atom. The maximum Gasteiger partial charge on any atom is 0.0418 e. The van der Waals surface area contributed by atoms with Gasteiger partial charge in [0, 0.05) is 10.0 Å². The van der Waals surface area contributed by atoms with Crippen LogP contribution in [0.1, 0.15) is 27.7 Å². The molecule has 0 amide bonds. The van der Waals surface area contributed by atoms with E-state index >= 15 is 0 Å². The van der Waals surface area contributed by atoms with Gasteiger partial charge >= 0.3 is 41.9 Å². The third kappa shape index (κ3) is 7.13. The molecule has 0 N–H and O–H groups in total. The van der Waals surface area contributed by atoms with Crippen molar-refractivity contribution in [3.05, 3.63) is 87.4 Å². The van der Waals surface area contributed by atoms with Crippen molar-refractivity contribution in [1.82, 2.24) is 0 Å². The van der Waals surface area contributed by atoms with Crippen LogP contribution in [0.5, 0.6) is 0 Å². The first-order chi connectivity index (χ1) is 14.1. The second-order valence-corrected chi connectivity index (χ2v) is 18.0. The van der Waals surface area contributed by atoms with Gasteiger partial charge in [-0.25, -0.2) is 5.57 Å². The molecule has 3 aromatic carbocycles. The third-order valence-corrected chi connectivity index (χ3v) is 5.53. The first-order valence-electron chi connectivity index (χ1n) is 10.0. The molecule has 1 aliphatic rings. The van der Waals surface area contributed by atoms with Gasteiger partial charge in [-0.05, 0) is 18.2 Å². The van der Waals surface area contributed by atoms with Crippen molar-refractivity contribution in [2.75, 3.05) is 0 Å². The Bertz CT molecular complexity index is 1080. The maximum atomic E-state index is 6.03. The van der Waals surface area contributed by atoms with E-state index in [9.17, 15) is 0 Å². The van der Waals surface area contributed by atoms with E-state index in [4.69, 9.17) is 23.2 Å². The van der Waals surface area contributed by atoms with Gasteiger partial charge in [0.05, 0.1) is 0 Å². The molecule has 0 fully saturated rings. The number of rotatable bonds is 1. The van der Waals surface area contributed by atoms with Crippen molar-refractivity contribution >= 4 is 39.4 Å². The molecule has 154 valence electrons. The molecule has 0 spiro atoms. The molecule has 0 aromatic heterocycles. The SMILES string of the molecule is CC1=[C-]C(C)C(C)=C1C.C[Si](C)=[Zr+2].Clc1cc(Cl)cc(-c2c[cH-]c3ccccc23)c1. The first kappa shape index (κ1) is 25.5. The van der Waals surface area contributed by atoms with Crippen LogP contribution in [0.2, 0.25) is 23.1 Å². The van der Waals surface area contributed by atoms with Crippen LogP contribution in [0.4, 0.5) is 0 Å². The van der Waals surface area contributed by atoms with Gasteiger partial charge in [0.2, 0.25) is 0 Å². The summed E-state index contributed by atoms with van der Waals surface area (Å²) in [6.07, 6.45) is 3.36. The Morgan fingerprint density at radius 1 is 1.00 bits per heavy atom. The van der Waals surface area contributed by atoms with Gasteiger partial charge in [-0.2, -0.15) is 11.1 Å². The molecule has 0 nitrogen and oxygen atoms in total. The maximum absolute atomic E-state index is 6.03. The predicted molar refractivity (Wildman–Crippen MR) is 132 cm³/mol. The number of halogens is 2. The molecule has 1 atom stereocenters. The molecule has 1 aliphatic carbocycles. The van der Waals surface area contributed by atoms with E-state index in [0.29, 0.717) is 16.0 Å². The molecule has 0 saturated carbocycles. The summed E-state index contributed by atoms with van der Waals surface area (Å²) in [6, 6.07) is 18.1. The Morgan fingerprint density at radius 3 is 2.03 bits per heavy atom. The van der Waals surface area contributed by atoms with Crippen molar-refractivity contribution in [2.24, 2.45) is 5.92 Å². The van der Waals surface area contributed by atoms with Gasteiger partial charge in [-0.15, -0.1) is 53.6 Å². The zero-order valence-corrected chi connectivity index (χ0v) is 23.5. The van der Waals surface area contributed by atoms with E-state index in [1.165, 1.54) is 33.1 Å². The average Bonchev–Trinajstić information content (AvgIpc) is 3.18. The summed E-state index contributed by atoms with van der Waals surface area (Å²) in [5, 5.41) is 3.79. The summed E-state index contributed by atoms with van der Waals surface area (Å²) >= 11 is 13.8. The summed E-state index contributed by atoms with van der Waals surface area (Å²) in [7, 11) is 0. The van der Waals surface area contributed by atoms with Crippen molar-refractivity contribution < 1.29 is 23.3 Å². The van der Waals surface area contributed by atoms with Crippen molar-refractivity contribution in [3.63, 3.8) is 0 Å².